The van der Waals surface area contributed by atoms with E-state index in [9.17, 15) is 19.2 Å². The summed E-state index contributed by atoms with van der Waals surface area (Å²) in [5.41, 5.74) is -1.21. The van der Waals surface area contributed by atoms with Gasteiger partial charge in [-0.2, -0.15) is 0 Å². The van der Waals surface area contributed by atoms with Gasteiger partial charge >= 0.3 is 0 Å². The van der Waals surface area contributed by atoms with E-state index < -0.39 is 0 Å². The summed E-state index contributed by atoms with van der Waals surface area (Å²) in [5.74, 6) is 0.837. The molecule has 34 heavy (non-hydrogen) atoms. The molecule has 2 saturated carbocycles. The molecule has 2 aromatic heterocycles. The second kappa shape index (κ2) is 7.50. The van der Waals surface area contributed by atoms with Gasteiger partial charge in [0.15, 0.2) is 0 Å². The highest BCUT2D eigenvalue weighted by Crippen LogP contribution is 2.44. The minimum atomic E-state index is -0.330. The van der Waals surface area contributed by atoms with Gasteiger partial charge in [-0.15, -0.1) is 0 Å². The van der Waals surface area contributed by atoms with Crippen molar-refractivity contribution in [1.82, 2.24) is 9.13 Å². The average Bonchev–Trinajstić information content (AvgIpc) is 3.08. The smallest absolute Gasteiger partial charge is 0.261 e. The topological polar surface area (TPSA) is 78.1 Å². The normalized spacial score (nSPS) is 29.1. The molecule has 4 atom stereocenters. The Labute approximate surface area is 199 Å². The van der Waals surface area contributed by atoms with Crippen molar-refractivity contribution < 1.29 is 0 Å². The maximum Gasteiger partial charge on any atom is 0.261 e. The van der Waals surface area contributed by atoms with Crippen LogP contribution in [0.15, 0.2) is 31.3 Å². The summed E-state index contributed by atoms with van der Waals surface area (Å²) in [7, 11) is 0. The number of hydrogen-bond acceptors (Lipinski definition) is 4. The number of fused-ring (bicyclic) bond motifs is 2. The quantitative estimate of drug-likeness (QED) is 0.551. The molecule has 6 heteroatoms. The molecule has 3 aromatic rings. The molecule has 0 saturated heterocycles. The molecule has 0 N–H and O–H groups in total. The van der Waals surface area contributed by atoms with Crippen molar-refractivity contribution in [3.05, 3.63) is 53.5 Å². The first-order valence-electron chi connectivity index (χ1n) is 12.7. The van der Waals surface area contributed by atoms with Crippen molar-refractivity contribution in [2.75, 3.05) is 0 Å². The van der Waals surface area contributed by atoms with Crippen LogP contribution in [0.2, 0.25) is 0 Å². The molecule has 0 radical (unpaired) electrons. The first-order chi connectivity index (χ1) is 15.8. The molecule has 2 aliphatic carbocycles. The van der Waals surface area contributed by atoms with Gasteiger partial charge in [0.1, 0.15) is 0 Å². The third kappa shape index (κ3) is 3.61. The minimum absolute atomic E-state index is 0.0524. The third-order valence-electron chi connectivity index (χ3n) is 8.41. The zero-order valence-electron chi connectivity index (χ0n) is 21.2. The lowest BCUT2D eigenvalue weighted by molar-refractivity contribution is 0.134. The zero-order chi connectivity index (χ0) is 24.7. The Morgan fingerprint density at radius 1 is 0.588 bits per heavy atom. The summed E-state index contributed by atoms with van der Waals surface area (Å²) in [4.78, 5) is 53.7. The Bertz CT molecular complexity index is 1310. The number of hydrogen-bond donors (Lipinski definition) is 0. The Balaban J connectivity index is 1.67. The van der Waals surface area contributed by atoms with E-state index in [2.05, 4.69) is 41.5 Å². The van der Waals surface area contributed by atoms with Gasteiger partial charge in [0.05, 0.1) is 21.5 Å². The maximum absolute atomic E-state index is 13.4. The van der Waals surface area contributed by atoms with Crippen molar-refractivity contribution in [2.45, 2.75) is 92.2 Å². The van der Waals surface area contributed by atoms with Gasteiger partial charge in [-0.1, -0.05) is 41.5 Å². The summed E-state index contributed by atoms with van der Waals surface area (Å²) in [6.07, 6.45) is 5.24. The first-order valence-corrected chi connectivity index (χ1v) is 12.7. The Morgan fingerprint density at radius 2 is 0.882 bits per heavy atom. The van der Waals surface area contributed by atoms with Crippen molar-refractivity contribution in [3.63, 3.8) is 0 Å². The van der Waals surface area contributed by atoms with Crippen LogP contribution in [0, 0.1) is 22.7 Å². The van der Waals surface area contributed by atoms with E-state index in [4.69, 9.17) is 0 Å². The van der Waals surface area contributed by atoms with Crippen LogP contribution in [0.1, 0.15) is 92.2 Å². The van der Waals surface area contributed by atoms with Crippen LogP contribution in [0.25, 0.3) is 21.5 Å². The molecule has 0 unspecified atom stereocenters. The average molecular weight is 465 g/mol. The predicted octanol–water partition coefficient (Wildman–Crippen LogP) is 4.69. The highest BCUT2D eigenvalue weighted by Gasteiger charge is 2.37. The molecule has 2 fully saturated rings. The second-order valence-electron chi connectivity index (χ2n) is 13.0. The Kier molecular flexibility index (Phi) is 5.13. The van der Waals surface area contributed by atoms with Crippen molar-refractivity contribution in [1.29, 1.82) is 0 Å². The summed E-state index contributed by atoms with van der Waals surface area (Å²) in [5, 5.41) is 1.06. The molecule has 2 aliphatic rings. The molecule has 182 valence electrons. The fourth-order valence-corrected chi connectivity index (χ4v) is 7.66. The van der Waals surface area contributed by atoms with Crippen molar-refractivity contribution in [2.24, 2.45) is 22.7 Å². The van der Waals surface area contributed by atoms with E-state index in [0.717, 1.165) is 38.5 Å². The van der Waals surface area contributed by atoms with Crippen LogP contribution in [-0.2, 0) is 0 Å². The van der Waals surface area contributed by atoms with Crippen LogP contribution < -0.4 is 22.2 Å². The lowest BCUT2D eigenvalue weighted by Crippen LogP contribution is -2.37. The second-order valence-corrected chi connectivity index (χ2v) is 13.0. The van der Waals surface area contributed by atoms with Gasteiger partial charge in [0.2, 0.25) is 0 Å². The third-order valence-corrected chi connectivity index (χ3v) is 8.41. The van der Waals surface area contributed by atoms with Gasteiger partial charge in [-0.25, -0.2) is 0 Å². The Morgan fingerprint density at radius 3 is 1.15 bits per heavy atom. The molecule has 5 rings (SSSR count). The van der Waals surface area contributed by atoms with E-state index in [1.807, 2.05) is 0 Å². The number of aromatic nitrogens is 2. The van der Waals surface area contributed by atoms with Gasteiger partial charge in [0.25, 0.3) is 22.2 Å². The fraction of sp³-hybridized carbons (Fsp3) is 0.643. The van der Waals surface area contributed by atoms with Crippen LogP contribution in [0.3, 0.4) is 0 Å². The molecule has 0 aliphatic heterocycles. The van der Waals surface area contributed by atoms with E-state index >= 15 is 0 Å². The van der Waals surface area contributed by atoms with E-state index in [1.165, 1.54) is 21.3 Å². The van der Waals surface area contributed by atoms with Gasteiger partial charge in [-0.3, -0.25) is 28.3 Å². The van der Waals surface area contributed by atoms with Crippen molar-refractivity contribution >= 4 is 21.5 Å². The summed E-state index contributed by atoms with van der Waals surface area (Å²) >= 11 is 0. The van der Waals surface area contributed by atoms with Gasteiger partial charge in [-0.05, 0) is 73.3 Å². The maximum atomic E-state index is 13.4. The largest absolute Gasteiger partial charge is 0.271 e. The van der Waals surface area contributed by atoms with Gasteiger partial charge < -0.3 is 0 Å². The standard InChI is InChI=1S/C28H36N2O4/c1-15-7-17(13-27(3,4)11-15)29-23(31)19-9-21-22(10-20(19)24(29)32)26(34)30(25(21)33)18-8-16(2)12-28(5,6)14-18/h9-10,15-18H,7-8,11-14H2,1-6H3/t15-,16+,17-,18-/m0/s1. The summed E-state index contributed by atoms with van der Waals surface area (Å²) in [6, 6.07) is 2.71. The number of rotatable bonds is 2. The Hall–Kier alpha value is -2.50. The van der Waals surface area contributed by atoms with E-state index in [0.29, 0.717) is 11.8 Å². The van der Waals surface area contributed by atoms with E-state index in [1.54, 1.807) is 0 Å². The summed E-state index contributed by atoms with van der Waals surface area (Å²) in [6.45, 7) is 13.1. The van der Waals surface area contributed by atoms with Crippen LogP contribution in [0.5, 0.6) is 0 Å². The van der Waals surface area contributed by atoms with Crippen LogP contribution in [0.4, 0.5) is 0 Å². The molecule has 2 heterocycles. The summed E-state index contributed by atoms with van der Waals surface area (Å²) < 4.78 is 2.80. The van der Waals surface area contributed by atoms with Crippen LogP contribution in [-0.4, -0.2) is 9.13 Å². The zero-order valence-corrected chi connectivity index (χ0v) is 21.2. The SMILES string of the molecule is C[C@@H]1C[C@H](n2c(=O)c3cc4c(=O)n([C@H]5C[C@H](C)CC(C)(C)C5)c(=O)c4cc3c2=O)CC(C)(C)C1. The van der Waals surface area contributed by atoms with E-state index in [-0.39, 0.29) is 66.7 Å². The molecule has 0 bridgehead atoms. The molecule has 0 spiro atoms. The lowest BCUT2D eigenvalue weighted by atomic mass is 9.70. The monoisotopic (exact) mass is 464 g/mol. The lowest BCUT2D eigenvalue weighted by Gasteiger charge is -2.39. The molecule has 1 aromatic carbocycles. The first kappa shape index (κ1) is 23.3. The molecule has 0 amide bonds. The molecule has 6 nitrogen and oxygen atoms in total. The van der Waals surface area contributed by atoms with Gasteiger partial charge in [0, 0.05) is 12.1 Å². The highest BCUT2D eigenvalue weighted by atomic mass is 16.2. The van der Waals surface area contributed by atoms with Crippen molar-refractivity contribution in [3.8, 4) is 0 Å². The molecular formula is C28H36N2O4. The predicted molar refractivity (Wildman–Crippen MR) is 137 cm³/mol. The number of nitrogens with zero attached hydrogens (tertiary/aromatic N) is 2. The molecular weight excluding hydrogens is 428 g/mol. The fourth-order valence-electron chi connectivity index (χ4n) is 7.66. The minimum Gasteiger partial charge on any atom is -0.271 e. The number of benzene rings is 1. The highest BCUT2D eigenvalue weighted by molar-refractivity contribution is 5.97. The van der Waals surface area contributed by atoms with Crippen LogP contribution >= 0.6 is 0 Å².